The van der Waals surface area contributed by atoms with E-state index >= 15 is 0 Å². The Morgan fingerprint density at radius 2 is 1.53 bits per heavy atom. The van der Waals surface area contributed by atoms with E-state index in [0.29, 0.717) is 6.42 Å². The molecule has 0 fully saturated rings. The van der Waals surface area contributed by atoms with Gasteiger partial charge in [0.2, 0.25) is 0 Å². The number of ether oxygens (including phenoxy) is 2. The molecule has 0 atom stereocenters. The highest BCUT2D eigenvalue weighted by Gasteiger charge is 2.28. The topological polar surface area (TPSA) is 52.6 Å². The highest BCUT2D eigenvalue weighted by Crippen LogP contribution is 2.14. The van der Waals surface area contributed by atoms with Gasteiger partial charge in [-0.05, 0) is 26.7 Å². The smallest absolute Gasteiger partial charge is 0.320 e. The highest BCUT2D eigenvalue weighted by molar-refractivity contribution is 9.09. The maximum absolute atomic E-state index is 11.6. The molecule has 5 heteroatoms. The Balaban J connectivity index is 4.19. The minimum absolute atomic E-state index is 0.288. The van der Waals surface area contributed by atoms with Crippen LogP contribution in [0.5, 0.6) is 0 Å². The number of carbonyl (C=O) groups is 2. The van der Waals surface area contributed by atoms with E-state index in [2.05, 4.69) is 15.9 Å². The van der Waals surface area contributed by atoms with Crippen molar-refractivity contribution < 1.29 is 19.1 Å². The summed E-state index contributed by atoms with van der Waals surface area (Å²) in [6, 6.07) is 0. The molecule has 0 amide bonds. The van der Waals surface area contributed by atoms with Gasteiger partial charge < -0.3 is 9.47 Å². The van der Waals surface area contributed by atoms with Crippen molar-refractivity contribution in [2.75, 3.05) is 18.5 Å². The number of carbonyl (C=O) groups excluding carboxylic acids is 2. The van der Waals surface area contributed by atoms with Crippen LogP contribution in [0.25, 0.3) is 0 Å². The van der Waals surface area contributed by atoms with Crippen LogP contribution in [0, 0.1) is 5.92 Å². The molecule has 0 radical (unpaired) electrons. The monoisotopic (exact) mass is 308 g/mol. The average Bonchev–Trinajstić information content (AvgIpc) is 2.29. The van der Waals surface area contributed by atoms with Crippen molar-refractivity contribution in [3.05, 3.63) is 0 Å². The van der Waals surface area contributed by atoms with Crippen LogP contribution in [0.3, 0.4) is 0 Å². The molecule has 0 spiro atoms. The Kier molecular flexibility index (Phi) is 10.2. The number of hydrogen-bond acceptors (Lipinski definition) is 4. The maximum atomic E-state index is 11.6. The van der Waals surface area contributed by atoms with Crippen LogP contribution < -0.4 is 0 Å². The summed E-state index contributed by atoms with van der Waals surface area (Å²) >= 11 is 3.34. The van der Waals surface area contributed by atoms with E-state index in [1.807, 2.05) is 0 Å². The number of hydrogen-bond donors (Lipinski definition) is 0. The fraction of sp³-hybridized carbons (Fsp3) is 0.833. The van der Waals surface area contributed by atoms with Crippen molar-refractivity contribution in [3.63, 3.8) is 0 Å². The van der Waals surface area contributed by atoms with Crippen molar-refractivity contribution in [3.8, 4) is 0 Å². The van der Waals surface area contributed by atoms with Gasteiger partial charge in [0.05, 0.1) is 13.2 Å². The number of unbranched alkanes of at least 4 members (excludes halogenated alkanes) is 2. The molecule has 0 bridgehead atoms. The lowest BCUT2D eigenvalue weighted by atomic mass is 10.0. The zero-order chi connectivity index (χ0) is 13.1. The predicted octanol–water partition coefficient (Wildman–Crippen LogP) is 2.68. The Morgan fingerprint density at radius 3 is 1.94 bits per heavy atom. The molecule has 0 aliphatic carbocycles. The third-order valence-corrected chi connectivity index (χ3v) is 2.83. The number of esters is 2. The van der Waals surface area contributed by atoms with Crippen LogP contribution in [0.2, 0.25) is 0 Å². The first kappa shape index (κ1) is 16.4. The normalized spacial score (nSPS) is 10.4. The molecule has 0 aliphatic heterocycles. The quantitative estimate of drug-likeness (QED) is 0.284. The molecule has 0 aromatic carbocycles. The fourth-order valence-corrected chi connectivity index (χ4v) is 1.83. The second-order valence-electron chi connectivity index (χ2n) is 3.59. The van der Waals surface area contributed by atoms with Gasteiger partial charge in [-0.15, -0.1) is 0 Å². The predicted molar refractivity (Wildman–Crippen MR) is 69.0 cm³/mol. The largest absolute Gasteiger partial charge is 0.465 e. The highest BCUT2D eigenvalue weighted by atomic mass is 79.9. The fourth-order valence-electron chi connectivity index (χ4n) is 1.44. The summed E-state index contributed by atoms with van der Waals surface area (Å²) in [6.45, 7) is 4.03. The molecule has 100 valence electrons. The zero-order valence-corrected chi connectivity index (χ0v) is 12.1. The van der Waals surface area contributed by atoms with E-state index < -0.39 is 17.9 Å². The average molecular weight is 309 g/mol. The van der Waals surface area contributed by atoms with Crippen LogP contribution in [0.1, 0.15) is 39.5 Å². The van der Waals surface area contributed by atoms with Crippen LogP contribution in [0.4, 0.5) is 0 Å². The first-order valence-corrected chi connectivity index (χ1v) is 7.18. The third-order valence-electron chi connectivity index (χ3n) is 2.27. The summed E-state index contributed by atoms with van der Waals surface area (Å²) in [5.74, 6) is -1.69. The SMILES string of the molecule is CCOC(=O)C(CCCCCBr)C(=O)OCC. The number of halogens is 1. The van der Waals surface area contributed by atoms with Gasteiger partial charge >= 0.3 is 11.9 Å². The van der Waals surface area contributed by atoms with Crippen LogP contribution in [-0.2, 0) is 19.1 Å². The first-order valence-electron chi connectivity index (χ1n) is 6.06. The second-order valence-corrected chi connectivity index (χ2v) is 4.39. The minimum Gasteiger partial charge on any atom is -0.465 e. The zero-order valence-electron chi connectivity index (χ0n) is 10.5. The first-order chi connectivity index (χ1) is 8.17. The van der Waals surface area contributed by atoms with Crippen LogP contribution in [-0.4, -0.2) is 30.5 Å². The van der Waals surface area contributed by atoms with E-state index in [-0.39, 0.29) is 13.2 Å². The summed E-state index contributed by atoms with van der Waals surface area (Å²) in [5.41, 5.74) is 0. The molecule has 0 saturated heterocycles. The van der Waals surface area contributed by atoms with Gasteiger partial charge in [0.15, 0.2) is 5.92 Å². The molecule has 0 N–H and O–H groups in total. The summed E-state index contributed by atoms with van der Waals surface area (Å²) < 4.78 is 9.76. The third kappa shape index (κ3) is 7.36. The summed E-state index contributed by atoms with van der Waals surface area (Å²) in [4.78, 5) is 23.2. The van der Waals surface area contributed by atoms with Gasteiger partial charge in [-0.3, -0.25) is 9.59 Å². The van der Waals surface area contributed by atoms with Gasteiger partial charge in [0, 0.05) is 5.33 Å². The molecule has 0 unspecified atom stereocenters. The molecule has 17 heavy (non-hydrogen) atoms. The molecule has 4 nitrogen and oxygen atoms in total. The van der Waals surface area contributed by atoms with Gasteiger partial charge in [-0.25, -0.2) is 0 Å². The molecule has 0 rings (SSSR count). The van der Waals surface area contributed by atoms with Crippen molar-refractivity contribution in [1.82, 2.24) is 0 Å². The molecule has 0 heterocycles. The standard InChI is InChI=1S/C12H21BrO4/c1-3-16-11(14)10(12(15)17-4-2)8-6-5-7-9-13/h10H,3-9H2,1-2H3. The van der Waals surface area contributed by atoms with E-state index in [1.54, 1.807) is 13.8 Å². The molecule has 0 aromatic heterocycles. The molecular formula is C12H21BrO4. The summed E-state index contributed by atoms with van der Waals surface area (Å²) in [5, 5.41) is 0.941. The Labute approximate surface area is 111 Å². The lowest BCUT2D eigenvalue weighted by Crippen LogP contribution is -2.28. The van der Waals surface area contributed by atoms with Crippen LogP contribution >= 0.6 is 15.9 Å². The number of rotatable bonds is 9. The van der Waals surface area contributed by atoms with Crippen molar-refractivity contribution in [2.24, 2.45) is 5.92 Å². The van der Waals surface area contributed by atoms with Crippen molar-refractivity contribution in [1.29, 1.82) is 0 Å². The Morgan fingerprint density at radius 1 is 1.00 bits per heavy atom. The van der Waals surface area contributed by atoms with Crippen LogP contribution in [0.15, 0.2) is 0 Å². The van der Waals surface area contributed by atoms with Gasteiger partial charge in [-0.1, -0.05) is 28.8 Å². The lowest BCUT2D eigenvalue weighted by molar-refractivity contribution is -0.161. The lowest BCUT2D eigenvalue weighted by Gasteiger charge is -2.13. The van der Waals surface area contributed by atoms with E-state index in [0.717, 1.165) is 24.6 Å². The molecule has 0 saturated carbocycles. The van der Waals surface area contributed by atoms with E-state index in [1.165, 1.54) is 0 Å². The van der Waals surface area contributed by atoms with E-state index in [4.69, 9.17) is 9.47 Å². The maximum Gasteiger partial charge on any atom is 0.320 e. The minimum atomic E-state index is -0.759. The van der Waals surface area contributed by atoms with E-state index in [9.17, 15) is 9.59 Å². The molecule has 0 aromatic rings. The van der Waals surface area contributed by atoms with Crippen molar-refractivity contribution >= 4 is 27.9 Å². The Hall–Kier alpha value is -0.580. The Bertz CT molecular complexity index is 213. The second kappa shape index (κ2) is 10.6. The molecule has 0 aliphatic rings. The van der Waals surface area contributed by atoms with Gasteiger partial charge in [0.25, 0.3) is 0 Å². The van der Waals surface area contributed by atoms with Gasteiger partial charge in [-0.2, -0.15) is 0 Å². The number of alkyl halides is 1. The summed E-state index contributed by atoms with van der Waals surface area (Å²) in [6.07, 6.45) is 3.36. The van der Waals surface area contributed by atoms with Crippen molar-refractivity contribution in [2.45, 2.75) is 39.5 Å². The van der Waals surface area contributed by atoms with Gasteiger partial charge in [0.1, 0.15) is 0 Å². The molecular weight excluding hydrogens is 288 g/mol. The summed E-state index contributed by atoms with van der Waals surface area (Å²) in [7, 11) is 0.